The van der Waals surface area contributed by atoms with Crippen molar-refractivity contribution in [2.45, 2.75) is 32.0 Å². The summed E-state index contributed by atoms with van der Waals surface area (Å²) in [7, 11) is 3.11. The summed E-state index contributed by atoms with van der Waals surface area (Å²) in [6, 6.07) is -0.342. The number of carbonyl (C=O) groups excluding carboxylic acids is 1. The number of likely N-dealkylation sites (N-methyl/N-ethyl adjacent to an activating group) is 1. The third kappa shape index (κ3) is 3.68. The summed E-state index contributed by atoms with van der Waals surface area (Å²) in [5, 5.41) is 3.61. The molecule has 0 saturated carbocycles. The van der Waals surface area contributed by atoms with Gasteiger partial charge in [-0.1, -0.05) is 11.8 Å². The van der Waals surface area contributed by atoms with E-state index in [9.17, 15) is 4.79 Å². The van der Waals surface area contributed by atoms with Crippen molar-refractivity contribution in [1.29, 1.82) is 0 Å². The van der Waals surface area contributed by atoms with E-state index in [4.69, 9.17) is 4.74 Å². The number of ether oxygens (including phenoxy) is 1. The molecule has 1 N–H and O–H groups in total. The smallest absolute Gasteiger partial charge is 0.323 e. The van der Waals surface area contributed by atoms with Gasteiger partial charge in [-0.25, -0.2) is 9.97 Å². The number of aromatic nitrogens is 2. The predicted octanol–water partition coefficient (Wildman–Crippen LogP) is 1.25. The molecule has 1 atom stereocenters. The fourth-order valence-corrected chi connectivity index (χ4v) is 2.40. The number of carbonyl (C=O) groups is 1. The van der Waals surface area contributed by atoms with Crippen LogP contribution in [0.3, 0.4) is 0 Å². The maximum atomic E-state index is 11.4. The van der Waals surface area contributed by atoms with Crippen LogP contribution >= 0.6 is 11.8 Å². The Balaban J connectivity index is 2.71. The second-order valence-corrected chi connectivity index (χ2v) is 4.96. The Morgan fingerprint density at radius 3 is 2.33 bits per heavy atom. The first-order valence-electron chi connectivity index (χ1n) is 5.69. The van der Waals surface area contributed by atoms with E-state index in [1.165, 1.54) is 18.9 Å². The van der Waals surface area contributed by atoms with E-state index in [1.807, 2.05) is 20.8 Å². The van der Waals surface area contributed by atoms with Gasteiger partial charge in [0.1, 0.15) is 6.04 Å². The van der Waals surface area contributed by atoms with Crippen LogP contribution in [0.5, 0.6) is 0 Å². The predicted molar refractivity (Wildman–Crippen MR) is 71.8 cm³/mol. The van der Waals surface area contributed by atoms with Crippen LogP contribution in [0.15, 0.2) is 5.16 Å². The van der Waals surface area contributed by atoms with Crippen molar-refractivity contribution >= 4 is 17.7 Å². The maximum absolute atomic E-state index is 11.4. The molecule has 100 valence electrons. The second kappa shape index (κ2) is 6.70. The molecule has 1 aromatic rings. The molecule has 0 bridgehead atoms. The lowest BCUT2D eigenvalue weighted by atomic mass is 10.2. The van der Waals surface area contributed by atoms with Crippen molar-refractivity contribution < 1.29 is 9.53 Å². The van der Waals surface area contributed by atoms with Crippen molar-refractivity contribution in [3.63, 3.8) is 0 Å². The van der Waals surface area contributed by atoms with E-state index in [0.29, 0.717) is 10.9 Å². The summed E-state index contributed by atoms with van der Waals surface area (Å²) in [6.45, 7) is 5.93. The molecule has 0 fully saturated rings. The number of hydrogen-bond donors (Lipinski definition) is 1. The molecule has 0 amide bonds. The van der Waals surface area contributed by atoms with Gasteiger partial charge >= 0.3 is 5.97 Å². The summed E-state index contributed by atoms with van der Waals surface area (Å²) >= 11 is 1.45. The molecule has 0 aliphatic heterocycles. The summed E-state index contributed by atoms with van der Waals surface area (Å²) in [5.74, 6) is 0.274. The van der Waals surface area contributed by atoms with Gasteiger partial charge in [-0.15, -0.1) is 0 Å². The average molecular weight is 269 g/mol. The minimum absolute atomic E-state index is 0.273. The van der Waals surface area contributed by atoms with Gasteiger partial charge in [0.2, 0.25) is 0 Å². The molecule has 0 radical (unpaired) electrons. The van der Waals surface area contributed by atoms with Gasteiger partial charge in [-0.3, -0.25) is 4.79 Å². The Bertz CT molecular complexity index is 414. The molecule has 0 aromatic carbocycles. The molecule has 18 heavy (non-hydrogen) atoms. The molecule has 1 rings (SSSR count). The van der Waals surface area contributed by atoms with Gasteiger partial charge in [0.05, 0.1) is 7.11 Å². The Morgan fingerprint density at radius 1 is 1.33 bits per heavy atom. The van der Waals surface area contributed by atoms with Crippen molar-refractivity contribution in [1.82, 2.24) is 15.3 Å². The molecule has 1 aromatic heterocycles. The van der Waals surface area contributed by atoms with Gasteiger partial charge in [0.15, 0.2) is 5.16 Å². The number of methoxy groups -OCH3 is 1. The monoisotopic (exact) mass is 269 g/mol. The highest BCUT2D eigenvalue weighted by Crippen LogP contribution is 2.18. The molecule has 0 saturated heterocycles. The minimum Gasteiger partial charge on any atom is -0.468 e. The molecular formula is C12H19N3O2S. The highest BCUT2D eigenvalue weighted by molar-refractivity contribution is 7.99. The van der Waals surface area contributed by atoms with Crippen molar-refractivity contribution in [3.05, 3.63) is 17.0 Å². The molecule has 6 heteroatoms. The third-order valence-electron chi connectivity index (χ3n) is 2.83. The zero-order valence-electron chi connectivity index (χ0n) is 11.4. The number of nitrogens with zero attached hydrogens (tertiary/aromatic N) is 2. The third-order valence-corrected chi connectivity index (χ3v) is 3.77. The standard InChI is InChI=1S/C12H19N3O2S/c1-7-8(2)14-12(15-9(7)3)18-6-10(13-4)11(16)17-5/h10,13H,6H2,1-5H3. The number of aryl methyl sites for hydroxylation is 2. The normalized spacial score (nSPS) is 12.3. The largest absolute Gasteiger partial charge is 0.468 e. The first-order valence-corrected chi connectivity index (χ1v) is 6.67. The zero-order valence-corrected chi connectivity index (χ0v) is 12.2. The van der Waals surface area contributed by atoms with Crippen molar-refractivity contribution in [3.8, 4) is 0 Å². The molecule has 0 spiro atoms. The van der Waals surface area contributed by atoms with Crippen LogP contribution in [0, 0.1) is 20.8 Å². The van der Waals surface area contributed by atoms with E-state index < -0.39 is 0 Å². The Hall–Kier alpha value is -1.14. The van der Waals surface area contributed by atoms with Gasteiger partial charge in [-0.05, 0) is 33.4 Å². The second-order valence-electron chi connectivity index (χ2n) is 3.98. The van der Waals surface area contributed by atoms with Gasteiger partial charge in [-0.2, -0.15) is 0 Å². The Labute approximate surface area is 112 Å². The Kier molecular flexibility index (Phi) is 5.55. The molecule has 5 nitrogen and oxygen atoms in total. The van der Waals surface area contributed by atoms with Gasteiger partial charge in [0, 0.05) is 17.1 Å². The maximum Gasteiger partial charge on any atom is 0.323 e. The Morgan fingerprint density at radius 2 is 1.89 bits per heavy atom. The number of hydrogen-bond acceptors (Lipinski definition) is 6. The first kappa shape index (κ1) is 14.9. The summed E-state index contributed by atoms with van der Waals surface area (Å²) < 4.78 is 4.70. The highest BCUT2D eigenvalue weighted by Gasteiger charge is 2.18. The highest BCUT2D eigenvalue weighted by atomic mass is 32.2. The van der Waals surface area contributed by atoms with Crippen LogP contribution in [0.1, 0.15) is 17.0 Å². The molecule has 1 unspecified atom stereocenters. The van der Waals surface area contributed by atoms with Crippen molar-refractivity contribution in [2.75, 3.05) is 19.9 Å². The van der Waals surface area contributed by atoms with E-state index in [1.54, 1.807) is 7.05 Å². The fourth-order valence-electron chi connectivity index (χ4n) is 1.38. The van der Waals surface area contributed by atoms with Gasteiger partial charge < -0.3 is 10.1 Å². The fraction of sp³-hybridized carbons (Fsp3) is 0.583. The first-order chi connectivity index (χ1) is 8.49. The topological polar surface area (TPSA) is 64.1 Å². The molecular weight excluding hydrogens is 250 g/mol. The van der Waals surface area contributed by atoms with Crippen molar-refractivity contribution in [2.24, 2.45) is 0 Å². The molecule has 1 heterocycles. The quantitative estimate of drug-likeness (QED) is 0.493. The average Bonchev–Trinajstić information content (AvgIpc) is 2.36. The number of esters is 1. The minimum atomic E-state index is -0.342. The van der Waals surface area contributed by atoms with E-state index in [0.717, 1.165) is 17.0 Å². The van der Waals surface area contributed by atoms with Crippen LogP contribution in [-0.4, -0.2) is 41.9 Å². The van der Waals surface area contributed by atoms with Gasteiger partial charge in [0.25, 0.3) is 0 Å². The van der Waals surface area contributed by atoms with Crippen LogP contribution in [-0.2, 0) is 9.53 Å². The van der Waals surface area contributed by atoms with Crippen LogP contribution < -0.4 is 5.32 Å². The lowest BCUT2D eigenvalue weighted by molar-refractivity contribution is -0.142. The van der Waals surface area contributed by atoms with Crippen LogP contribution in [0.25, 0.3) is 0 Å². The van der Waals surface area contributed by atoms with E-state index in [2.05, 4.69) is 15.3 Å². The molecule has 0 aliphatic carbocycles. The van der Waals surface area contributed by atoms with Crippen LogP contribution in [0.2, 0.25) is 0 Å². The number of thioether (sulfide) groups is 1. The lowest BCUT2D eigenvalue weighted by Crippen LogP contribution is -2.37. The van der Waals surface area contributed by atoms with Crippen LogP contribution in [0.4, 0.5) is 0 Å². The summed E-state index contributed by atoms with van der Waals surface area (Å²) in [5.41, 5.74) is 3.06. The summed E-state index contributed by atoms with van der Waals surface area (Å²) in [4.78, 5) is 20.2. The number of rotatable bonds is 5. The SMILES string of the molecule is CNC(CSc1nc(C)c(C)c(C)n1)C(=O)OC. The van der Waals surface area contributed by atoms with E-state index in [-0.39, 0.29) is 12.0 Å². The summed E-state index contributed by atoms with van der Waals surface area (Å²) in [6.07, 6.45) is 0. The lowest BCUT2D eigenvalue weighted by Gasteiger charge is -2.13. The zero-order chi connectivity index (χ0) is 13.7. The molecule has 0 aliphatic rings. The number of nitrogens with one attached hydrogen (secondary N) is 1. The van der Waals surface area contributed by atoms with E-state index >= 15 is 0 Å².